The molecule has 2 heterocycles. The van der Waals surface area contributed by atoms with Crippen LogP contribution >= 0.6 is 0 Å². The summed E-state index contributed by atoms with van der Waals surface area (Å²) in [5.74, 6) is 2.02. The van der Waals surface area contributed by atoms with Crippen molar-refractivity contribution in [3.8, 4) is 0 Å². The van der Waals surface area contributed by atoms with Crippen LogP contribution in [-0.4, -0.2) is 26.9 Å². The Balaban J connectivity index is 1.56. The number of anilines is 1. The first kappa shape index (κ1) is 13.5. The molecule has 4 rings (SSSR count). The molecular weight excluding hydrogens is 278 g/mol. The highest BCUT2D eigenvalue weighted by atomic mass is 16.1. The van der Waals surface area contributed by atoms with Gasteiger partial charge in [-0.2, -0.15) is 0 Å². The van der Waals surface area contributed by atoms with Gasteiger partial charge in [-0.25, -0.2) is 9.97 Å². The number of aromatic amines is 1. The number of aromatic nitrogens is 3. The van der Waals surface area contributed by atoms with Gasteiger partial charge in [0.2, 0.25) is 5.91 Å². The number of primary amides is 1. The zero-order valence-electron chi connectivity index (χ0n) is 12.7. The number of hydrogen-bond acceptors (Lipinski definition) is 4. The van der Waals surface area contributed by atoms with E-state index in [0.717, 1.165) is 42.5 Å². The molecule has 0 aliphatic heterocycles. The number of H-pyrrole nitrogens is 1. The molecule has 0 bridgehead atoms. The van der Waals surface area contributed by atoms with Gasteiger partial charge in [0.1, 0.15) is 17.8 Å². The number of carbonyl (C=O) groups excluding carboxylic acids is 1. The molecule has 2 fully saturated rings. The van der Waals surface area contributed by atoms with Crippen molar-refractivity contribution in [2.75, 3.05) is 5.32 Å². The molecule has 0 aromatic carbocycles. The smallest absolute Gasteiger partial charge is 0.220 e. The van der Waals surface area contributed by atoms with Gasteiger partial charge in [0.05, 0.1) is 5.39 Å². The van der Waals surface area contributed by atoms with E-state index in [1.165, 1.54) is 5.56 Å². The molecule has 4 N–H and O–H groups in total. The Bertz CT molecular complexity index is 724. The second kappa shape index (κ2) is 4.97. The normalized spacial score (nSPS) is 30.0. The molecule has 2 saturated carbocycles. The van der Waals surface area contributed by atoms with E-state index in [4.69, 9.17) is 5.73 Å². The summed E-state index contributed by atoms with van der Waals surface area (Å²) in [6.07, 6.45) is 7.53. The van der Waals surface area contributed by atoms with Gasteiger partial charge in [-0.05, 0) is 43.1 Å². The van der Waals surface area contributed by atoms with Crippen LogP contribution < -0.4 is 11.1 Å². The lowest BCUT2D eigenvalue weighted by Gasteiger charge is -2.41. The Hall–Kier alpha value is -2.11. The number of rotatable bonds is 4. The first-order valence-electron chi connectivity index (χ1n) is 8.04. The average molecular weight is 299 g/mol. The van der Waals surface area contributed by atoms with Gasteiger partial charge < -0.3 is 16.0 Å². The number of nitrogens with zero attached hydrogens (tertiary/aromatic N) is 2. The minimum atomic E-state index is -0.142. The molecule has 4 unspecified atom stereocenters. The van der Waals surface area contributed by atoms with Gasteiger partial charge in [-0.1, -0.05) is 6.92 Å². The Morgan fingerprint density at radius 3 is 3.05 bits per heavy atom. The summed E-state index contributed by atoms with van der Waals surface area (Å²) in [7, 11) is 0. The van der Waals surface area contributed by atoms with Crippen LogP contribution in [0, 0.1) is 17.8 Å². The molecule has 116 valence electrons. The molecular formula is C16H21N5O. The highest BCUT2D eigenvalue weighted by Crippen LogP contribution is 2.50. The highest BCUT2D eigenvalue weighted by Gasteiger charge is 2.49. The maximum absolute atomic E-state index is 11.4. The molecule has 0 saturated heterocycles. The summed E-state index contributed by atoms with van der Waals surface area (Å²) in [5.41, 5.74) is 7.58. The minimum Gasteiger partial charge on any atom is -0.369 e. The molecule has 22 heavy (non-hydrogen) atoms. The predicted molar refractivity (Wildman–Crippen MR) is 84.2 cm³/mol. The number of hydrogen-bond donors (Lipinski definition) is 3. The third-order valence-electron chi connectivity index (χ3n) is 5.48. The van der Waals surface area contributed by atoms with Crippen molar-refractivity contribution in [1.82, 2.24) is 15.0 Å². The van der Waals surface area contributed by atoms with Gasteiger partial charge in [0, 0.05) is 18.2 Å². The first-order valence-corrected chi connectivity index (χ1v) is 8.04. The van der Waals surface area contributed by atoms with Gasteiger partial charge >= 0.3 is 0 Å². The van der Waals surface area contributed by atoms with Gasteiger partial charge in [0.15, 0.2) is 0 Å². The van der Waals surface area contributed by atoms with E-state index in [9.17, 15) is 4.79 Å². The van der Waals surface area contributed by atoms with Crippen molar-refractivity contribution in [3.63, 3.8) is 0 Å². The fraction of sp³-hybridized carbons (Fsp3) is 0.562. The van der Waals surface area contributed by atoms with Crippen LogP contribution in [0.4, 0.5) is 5.82 Å². The number of aryl methyl sites for hydroxylation is 1. The molecule has 2 aliphatic carbocycles. The van der Waals surface area contributed by atoms with E-state index >= 15 is 0 Å². The van der Waals surface area contributed by atoms with Crippen molar-refractivity contribution in [2.24, 2.45) is 23.5 Å². The van der Waals surface area contributed by atoms with Crippen LogP contribution in [-0.2, 0) is 11.2 Å². The molecule has 4 atom stereocenters. The molecule has 2 aromatic heterocycles. The van der Waals surface area contributed by atoms with Crippen LogP contribution in [0.25, 0.3) is 11.0 Å². The zero-order valence-corrected chi connectivity index (χ0v) is 12.7. The summed E-state index contributed by atoms with van der Waals surface area (Å²) >= 11 is 0. The lowest BCUT2D eigenvalue weighted by molar-refractivity contribution is -0.121. The summed E-state index contributed by atoms with van der Waals surface area (Å²) in [6, 6.07) is 0.395. The Morgan fingerprint density at radius 2 is 2.27 bits per heavy atom. The highest BCUT2D eigenvalue weighted by molar-refractivity contribution is 5.90. The van der Waals surface area contributed by atoms with Crippen LogP contribution in [0.3, 0.4) is 0 Å². The third kappa shape index (κ3) is 1.97. The number of carbonyl (C=O) groups is 1. The maximum atomic E-state index is 11.4. The molecule has 6 heteroatoms. The zero-order chi connectivity index (χ0) is 15.3. The molecule has 2 aliphatic rings. The summed E-state index contributed by atoms with van der Waals surface area (Å²) in [6.45, 7) is 2.13. The summed E-state index contributed by atoms with van der Waals surface area (Å²) < 4.78 is 0. The number of amides is 1. The molecule has 0 spiro atoms. The van der Waals surface area contributed by atoms with E-state index in [1.807, 2.05) is 6.20 Å². The van der Waals surface area contributed by atoms with Crippen LogP contribution in [0.15, 0.2) is 12.5 Å². The maximum Gasteiger partial charge on any atom is 0.220 e. The average Bonchev–Trinajstić information content (AvgIpc) is 3.06. The van der Waals surface area contributed by atoms with Gasteiger partial charge in [-0.3, -0.25) is 4.79 Å². The Labute approximate surface area is 128 Å². The number of nitrogens with one attached hydrogen (secondary N) is 2. The lowest BCUT2D eigenvalue weighted by Crippen LogP contribution is -2.43. The van der Waals surface area contributed by atoms with E-state index in [1.54, 1.807) is 6.33 Å². The monoisotopic (exact) mass is 299 g/mol. The van der Waals surface area contributed by atoms with Crippen LogP contribution in [0.2, 0.25) is 0 Å². The van der Waals surface area contributed by atoms with Gasteiger partial charge in [-0.15, -0.1) is 0 Å². The largest absolute Gasteiger partial charge is 0.369 e. The van der Waals surface area contributed by atoms with Crippen molar-refractivity contribution in [3.05, 3.63) is 18.1 Å². The molecule has 1 amide bonds. The van der Waals surface area contributed by atoms with Crippen LogP contribution in [0.5, 0.6) is 0 Å². The van der Waals surface area contributed by atoms with E-state index in [-0.39, 0.29) is 11.8 Å². The second-order valence-electron chi connectivity index (χ2n) is 6.59. The number of fused-ring (bicyclic) bond motifs is 2. The SMILES string of the molecule is CCc1c[nH]c2ncnc(NC3CC4CC(C(N)=O)CC43)c12. The van der Waals surface area contributed by atoms with Crippen molar-refractivity contribution < 1.29 is 4.79 Å². The van der Waals surface area contributed by atoms with E-state index < -0.39 is 0 Å². The first-order chi connectivity index (χ1) is 10.7. The quantitative estimate of drug-likeness (QED) is 0.802. The molecule has 0 radical (unpaired) electrons. The second-order valence-corrected chi connectivity index (χ2v) is 6.59. The fourth-order valence-corrected chi connectivity index (χ4v) is 4.22. The number of nitrogens with two attached hydrogens (primary N) is 1. The molecule has 2 aromatic rings. The van der Waals surface area contributed by atoms with Crippen molar-refractivity contribution in [1.29, 1.82) is 0 Å². The van der Waals surface area contributed by atoms with Crippen molar-refractivity contribution >= 4 is 22.8 Å². The lowest BCUT2D eigenvalue weighted by atomic mass is 9.71. The molecule has 6 nitrogen and oxygen atoms in total. The summed E-state index contributed by atoms with van der Waals surface area (Å²) in [4.78, 5) is 23.3. The summed E-state index contributed by atoms with van der Waals surface area (Å²) in [5, 5.41) is 4.69. The third-order valence-corrected chi connectivity index (χ3v) is 5.48. The fourth-order valence-electron chi connectivity index (χ4n) is 4.22. The van der Waals surface area contributed by atoms with Crippen molar-refractivity contribution in [2.45, 2.75) is 38.6 Å². The minimum absolute atomic E-state index is 0.0608. The standard InChI is InChI=1S/C16H21N5O/c1-2-8-6-18-15-13(8)16(20-7-19-15)21-12-5-9-3-10(14(17)22)4-11(9)12/h6-7,9-12H,2-5H2,1H3,(H2,17,22)(H2,18,19,20,21). The Morgan fingerprint density at radius 1 is 1.41 bits per heavy atom. The van der Waals surface area contributed by atoms with E-state index in [0.29, 0.717) is 17.9 Å². The van der Waals surface area contributed by atoms with Crippen LogP contribution in [0.1, 0.15) is 31.7 Å². The topological polar surface area (TPSA) is 96.7 Å². The predicted octanol–water partition coefficient (Wildman–Crippen LogP) is 1.83. The van der Waals surface area contributed by atoms with Gasteiger partial charge in [0.25, 0.3) is 0 Å². The van der Waals surface area contributed by atoms with E-state index in [2.05, 4.69) is 27.2 Å². The Kier molecular flexibility index (Phi) is 3.06.